The zero-order chi connectivity index (χ0) is 24.3. The predicted octanol–water partition coefficient (Wildman–Crippen LogP) is 1.75. The van der Waals surface area contributed by atoms with Gasteiger partial charge in [0.05, 0.1) is 17.7 Å². The zero-order valence-corrected chi connectivity index (χ0v) is 20.1. The third-order valence-electron chi connectivity index (χ3n) is 5.30. The second-order valence-electron chi connectivity index (χ2n) is 7.71. The average Bonchev–Trinajstić information content (AvgIpc) is 3.37. The summed E-state index contributed by atoms with van der Waals surface area (Å²) in [7, 11) is 0. The normalized spacial score (nSPS) is 14.7. The average molecular weight is 508 g/mol. The van der Waals surface area contributed by atoms with E-state index in [0.29, 0.717) is 22.5 Å². The number of nitrogens with one attached hydrogen (secondary N) is 3. The van der Waals surface area contributed by atoms with Crippen LogP contribution in [0.3, 0.4) is 0 Å². The number of amides is 2. The molecule has 2 aromatic rings. The number of piperidine rings is 1. The molecule has 2 amide bonds. The quantitative estimate of drug-likeness (QED) is 0.311. The molecule has 1 fully saturated rings. The van der Waals surface area contributed by atoms with Crippen molar-refractivity contribution >= 4 is 45.4 Å². The van der Waals surface area contributed by atoms with Gasteiger partial charge < -0.3 is 25.3 Å². The highest BCUT2D eigenvalue weighted by Gasteiger charge is 2.17. The summed E-state index contributed by atoms with van der Waals surface area (Å²) in [6, 6.07) is 9.43. The van der Waals surface area contributed by atoms with Crippen LogP contribution in [0.2, 0.25) is 0 Å². The van der Waals surface area contributed by atoms with Crippen LogP contribution in [-0.4, -0.2) is 52.7 Å². The minimum absolute atomic E-state index is 0.0614. The van der Waals surface area contributed by atoms with Crippen LogP contribution in [0.15, 0.2) is 41.8 Å². The molecule has 2 heterocycles. The van der Waals surface area contributed by atoms with Crippen molar-refractivity contribution < 1.29 is 28.0 Å². The fraction of sp³-hybridized carbons (Fsp3) is 0.409. The molecular weight excluding hydrogens is 480 g/mol. The highest BCUT2D eigenvalue weighted by molar-refractivity contribution is 7.80. The number of thiophene rings is 1. The molecule has 3 rings (SSSR count). The number of anilines is 1. The van der Waals surface area contributed by atoms with E-state index in [1.165, 1.54) is 12.1 Å². The molecule has 3 N–H and O–H groups in total. The first-order chi connectivity index (χ1) is 16.4. The summed E-state index contributed by atoms with van der Waals surface area (Å²) in [5.41, 5.74) is 0.655. The van der Waals surface area contributed by atoms with Crippen LogP contribution in [0.4, 0.5) is 5.00 Å². The second kappa shape index (κ2) is 13.2. The molecule has 1 unspecified atom stereocenters. The highest BCUT2D eigenvalue weighted by atomic mass is 32.2. The predicted molar refractivity (Wildman–Crippen MR) is 128 cm³/mol. The molecule has 1 aliphatic rings. The van der Waals surface area contributed by atoms with Gasteiger partial charge in [-0.2, -0.15) is 0 Å². The number of hydrogen-bond donors (Lipinski definition) is 3. The summed E-state index contributed by atoms with van der Waals surface area (Å²) in [4.78, 5) is 41.7. The molecule has 0 aliphatic carbocycles. The van der Waals surface area contributed by atoms with Gasteiger partial charge >= 0.3 is 5.97 Å². The van der Waals surface area contributed by atoms with E-state index in [0.717, 1.165) is 43.7 Å². The lowest BCUT2D eigenvalue weighted by Crippen LogP contribution is -2.32. The Bertz CT molecular complexity index is 995. The maximum absolute atomic E-state index is 12.4. The van der Waals surface area contributed by atoms with Crippen LogP contribution < -0.4 is 20.4 Å². The fourth-order valence-corrected chi connectivity index (χ4v) is 4.75. The molecule has 1 aliphatic heterocycles. The molecule has 1 aromatic carbocycles. The molecule has 10 nitrogen and oxygen atoms in total. The van der Waals surface area contributed by atoms with Gasteiger partial charge in [-0.1, -0.05) is 6.07 Å². The molecule has 1 saturated heterocycles. The zero-order valence-electron chi connectivity index (χ0n) is 18.5. The van der Waals surface area contributed by atoms with Crippen LogP contribution in [-0.2, 0) is 20.9 Å². The van der Waals surface area contributed by atoms with Gasteiger partial charge in [0.15, 0.2) is 0 Å². The number of carbonyl (C=O) groups is 3. The topological polar surface area (TPSA) is 140 Å². The molecule has 0 saturated carbocycles. The Balaban J connectivity index is 1.43. The van der Waals surface area contributed by atoms with Gasteiger partial charge in [-0.3, -0.25) is 9.59 Å². The molecule has 0 bridgehead atoms. The molecule has 34 heavy (non-hydrogen) atoms. The molecule has 1 aromatic heterocycles. The van der Waals surface area contributed by atoms with Gasteiger partial charge in [0.1, 0.15) is 5.00 Å². The Morgan fingerprint density at radius 2 is 1.76 bits per heavy atom. The number of carbonyl (C=O) groups excluding carboxylic acids is 3. The lowest BCUT2D eigenvalue weighted by Gasteiger charge is -2.22. The fourth-order valence-electron chi connectivity index (χ4n) is 3.50. The van der Waals surface area contributed by atoms with Gasteiger partial charge in [0.25, 0.3) is 11.8 Å². The first-order valence-corrected chi connectivity index (χ1v) is 12.9. The van der Waals surface area contributed by atoms with E-state index in [4.69, 9.17) is 4.84 Å². The van der Waals surface area contributed by atoms with Crippen molar-refractivity contribution in [3.63, 3.8) is 0 Å². The van der Waals surface area contributed by atoms with Crippen molar-refractivity contribution in [2.45, 2.75) is 25.7 Å². The maximum Gasteiger partial charge on any atom is 0.335 e. The summed E-state index contributed by atoms with van der Waals surface area (Å²) in [6.07, 6.45) is 2.91. The first kappa shape index (κ1) is 25.8. The van der Waals surface area contributed by atoms with Crippen LogP contribution >= 0.6 is 11.3 Å². The van der Waals surface area contributed by atoms with Crippen molar-refractivity contribution in [2.75, 3.05) is 30.6 Å². The Labute approximate surface area is 204 Å². The lowest BCUT2D eigenvalue weighted by atomic mass is 9.95. The van der Waals surface area contributed by atoms with Crippen molar-refractivity contribution in [1.82, 2.24) is 16.0 Å². The van der Waals surface area contributed by atoms with Gasteiger partial charge in [0.2, 0.25) is 0 Å². The summed E-state index contributed by atoms with van der Waals surface area (Å²) >= 11 is -1.69. The smallest absolute Gasteiger partial charge is 0.335 e. The van der Waals surface area contributed by atoms with Crippen molar-refractivity contribution in [1.29, 1.82) is 0 Å². The Hall–Kier alpha value is -2.80. The summed E-state index contributed by atoms with van der Waals surface area (Å²) < 4.78 is 23.1. The van der Waals surface area contributed by atoms with Crippen LogP contribution in [0.5, 0.6) is 0 Å². The van der Waals surface area contributed by atoms with Crippen LogP contribution in [0.25, 0.3) is 0 Å². The lowest BCUT2D eigenvalue weighted by molar-refractivity contribution is -0.142. The van der Waals surface area contributed by atoms with Crippen molar-refractivity contribution in [3.05, 3.63) is 52.9 Å². The van der Waals surface area contributed by atoms with E-state index < -0.39 is 23.1 Å². The number of nitrogens with zero attached hydrogens (tertiary/aromatic N) is 1. The van der Waals surface area contributed by atoms with E-state index in [1.807, 2.05) is 0 Å². The summed E-state index contributed by atoms with van der Waals surface area (Å²) in [6.45, 7) is 2.55. The van der Waals surface area contributed by atoms with E-state index >= 15 is 0 Å². The minimum Gasteiger partial charge on any atom is -0.753 e. The monoisotopic (exact) mass is 507 g/mol. The first-order valence-electron chi connectivity index (χ1n) is 10.9. The van der Waals surface area contributed by atoms with Gasteiger partial charge in [-0.25, -0.2) is 9.00 Å². The van der Waals surface area contributed by atoms with Gasteiger partial charge in [-0.15, -0.1) is 15.8 Å². The van der Waals surface area contributed by atoms with E-state index in [1.54, 1.807) is 29.6 Å². The molecule has 1 atom stereocenters. The second-order valence-corrected chi connectivity index (χ2v) is 9.41. The van der Waals surface area contributed by atoms with Crippen LogP contribution in [0, 0.1) is 5.92 Å². The molecule has 0 radical (unpaired) electrons. The van der Waals surface area contributed by atoms with Crippen molar-refractivity contribution in [3.8, 4) is 0 Å². The number of hydrogen-bond acceptors (Lipinski definition) is 8. The number of benzene rings is 1. The Morgan fingerprint density at radius 3 is 2.38 bits per heavy atom. The Morgan fingerprint density at radius 1 is 1.09 bits per heavy atom. The van der Waals surface area contributed by atoms with Crippen molar-refractivity contribution in [2.24, 2.45) is 5.92 Å². The molecular formula is C22H27N4O6S2-. The summed E-state index contributed by atoms with van der Waals surface area (Å²) in [5, 5.41) is 10.7. The van der Waals surface area contributed by atoms with Gasteiger partial charge in [0, 0.05) is 24.2 Å². The van der Waals surface area contributed by atoms with E-state index in [2.05, 4.69) is 16.0 Å². The molecule has 12 heteroatoms. The minimum atomic E-state index is -2.79. The highest BCUT2D eigenvalue weighted by Crippen LogP contribution is 2.22. The maximum atomic E-state index is 12.4. The Kier molecular flexibility index (Phi) is 10.0. The SMILES string of the molecule is O=C(CCNC(=O)c1cccc(C(=O)NCCC2CCNCC2)c1)ON(c1cccs1)S(=O)[O-]. The van der Waals surface area contributed by atoms with Crippen LogP contribution in [0.1, 0.15) is 46.4 Å². The van der Waals surface area contributed by atoms with E-state index in [-0.39, 0.29) is 29.4 Å². The third kappa shape index (κ3) is 7.90. The summed E-state index contributed by atoms with van der Waals surface area (Å²) in [5.74, 6) is -0.915. The van der Waals surface area contributed by atoms with Gasteiger partial charge in [-0.05, 0) is 74.0 Å². The van der Waals surface area contributed by atoms with E-state index in [9.17, 15) is 23.1 Å². The molecule has 0 spiro atoms. The molecule has 184 valence electrons. The standard InChI is InChI=1S/C22H28N4O6S2/c27-20(32-26(34(30)31)19-5-2-14-33-19)9-13-25-22(29)18-4-1-3-17(15-18)21(28)24-12-8-16-6-10-23-11-7-16/h1-5,14-16,23H,6-13H2,(H,24,28)(H,25,29)(H,30,31)/p-1. The largest absolute Gasteiger partial charge is 0.753 e. The third-order valence-corrected chi connectivity index (χ3v) is 6.80. The number of rotatable bonds is 11.